The number of halogens is 1. The molecule has 6 nitrogen and oxygen atoms in total. The summed E-state index contributed by atoms with van der Waals surface area (Å²) in [7, 11) is 0. The van der Waals surface area contributed by atoms with Crippen LogP contribution in [0.3, 0.4) is 0 Å². The number of hydrogen-bond donors (Lipinski definition) is 1. The second kappa shape index (κ2) is 11.6. The van der Waals surface area contributed by atoms with Crippen LogP contribution in [0.5, 0.6) is 0 Å². The first kappa shape index (κ1) is 25.0. The predicted molar refractivity (Wildman–Crippen MR) is 148 cm³/mol. The summed E-state index contributed by atoms with van der Waals surface area (Å²) in [5.41, 5.74) is 4.79. The van der Waals surface area contributed by atoms with Gasteiger partial charge in [0.2, 0.25) is 5.91 Å². The highest BCUT2D eigenvalue weighted by atomic mass is 35.5. The van der Waals surface area contributed by atoms with Crippen LogP contribution in [-0.4, -0.2) is 34.5 Å². The summed E-state index contributed by atoms with van der Waals surface area (Å²) >= 11 is 5.89. The number of anilines is 1. The highest BCUT2D eigenvalue weighted by molar-refractivity contribution is 6.30. The van der Waals surface area contributed by atoms with Gasteiger partial charge in [-0.15, -0.1) is 0 Å². The third-order valence-electron chi connectivity index (χ3n) is 6.91. The third kappa shape index (κ3) is 5.86. The van der Waals surface area contributed by atoms with Crippen molar-refractivity contribution in [2.45, 2.75) is 45.1 Å². The molecule has 2 amide bonds. The molecular weight excluding hydrogens is 484 g/mol. The number of aryl methyl sites for hydroxylation is 2. The first-order valence-electron chi connectivity index (χ1n) is 13.0. The number of fused-ring (bicyclic) bond motifs is 2. The Hall–Kier alpha value is -3.64. The standard InChI is InChI=1S/C30H31ClN4O2/c31-24-17-15-23(16-18-24)30(37)32-19-7-1-2-14-28-33-25-11-4-6-13-27(25)35(28)21-29(36)34-20-8-10-22-9-3-5-12-26(22)34/h3-6,9,11-13,15-18H,1-2,7-8,10,14,19-21H2,(H,32,37). The number of imidazole rings is 1. The average molecular weight is 515 g/mol. The van der Waals surface area contributed by atoms with Gasteiger partial charge in [-0.25, -0.2) is 4.98 Å². The van der Waals surface area contributed by atoms with E-state index in [0.717, 1.165) is 67.6 Å². The topological polar surface area (TPSA) is 67.2 Å². The van der Waals surface area contributed by atoms with Crippen LogP contribution < -0.4 is 10.2 Å². The Morgan fingerprint density at radius 1 is 0.919 bits per heavy atom. The maximum absolute atomic E-state index is 13.5. The summed E-state index contributed by atoms with van der Waals surface area (Å²) in [5.74, 6) is 0.947. The van der Waals surface area contributed by atoms with Gasteiger partial charge in [-0.05, 0) is 73.7 Å². The lowest BCUT2D eigenvalue weighted by Gasteiger charge is -2.29. The molecule has 0 fully saturated rings. The fraction of sp³-hybridized carbons (Fsp3) is 0.300. The van der Waals surface area contributed by atoms with Gasteiger partial charge in [0.25, 0.3) is 5.91 Å². The largest absolute Gasteiger partial charge is 0.352 e. The van der Waals surface area contributed by atoms with Crippen LogP contribution in [0.2, 0.25) is 5.02 Å². The van der Waals surface area contributed by atoms with Gasteiger partial charge in [-0.3, -0.25) is 9.59 Å². The van der Waals surface area contributed by atoms with Gasteiger partial charge in [0.05, 0.1) is 11.0 Å². The number of nitrogens with zero attached hydrogens (tertiary/aromatic N) is 3. The van der Waals surface area contributed by atoms with Crippen LogP contribution >= 0.6 is 11.6 Å². The zero-order valence-corrected chi connectivity index (χ0v) is 21.6. The molecule has 0 saturated carbocycles. The summed E-state index contributed by atoms with van der Waals surface area (Å²) in [6.07, 6.45) is 5.54. The number of carbonyl (C=O) groups excluding carboxylic acids is 2. The third-order valence-corrected chi connectivity index (χ3v) is 7.16. The second-order valence-corrected chi connectivity index (χ2v) is 9.89. The predicted octanol–water partition coefficient (Wildman–Crippen LogP) is 5.81. The number of para-hydroxylation sites is 3. The summed E-state index contributed by atoms with van der Waals surface area (Å²) in [5, 5.41) is 3.58. The SMILES string of the molecule is O=C(NCCCCCc1nc2ccccc2n1CC(=O)N1CCCc2ccccc21)c1ccc(Cl)cc1. The van der Waals surface area contributed by atoms with Crippen molar-refractivity contribution in [2.24, 2.45) is 0 Å². The number of hydrogen-bond acceptors (Lipinski definition) is 3. The second-order valence-electron chi connectivity index (χ2n) is 9.45. The number of rotatable bonds is 9. The minimum Gasteiger partial charge on any atom is -0.352 e. The fourth-order valence-electron chi connectivity index (χ4n) is 5.00. The van der Waals surface area contributed by atoms with Crippen LogP contribution in [0.15, 0.2) is 72.8 Å². The molecule has 0 radical (unpaired) electrons. The van der Waals surface area contributed by atoms with Crippen LogP contribution in [-0.2, 0) is 24.2 Å². The first-order chi connectivity index (χ1) is 18.1. The average Bonchev–Trinajstić information content (AvgIpc) is 3.27. The van der Waals surface area contributed by atoms with Crippen molar-refractivity contribution in [3.8, 4) is 0 Å². The van der Waals surface area contributed by atoms with Gasteiger partial charge in [-0.2, -0.15) is 0 Å². The molecule has 4 aromatic rings. The number of unbranched alkanes of at least 4 members (excludes halogenated alkanes) is 2. The van der Waals surface area contributed by atoms with Crippen molar-refractivity contribution in [3.63, 3.8) is 0 Å². The summed E-state index contributed by atoms with van der Waals surface area (Å²) in [4.78, 5) is 32.5. The molecule has 190 valence electrons. The zero-order chi connectivity index (χ0) is 25.6. The maximum atomic E-state index is 13.5. The summed E-state index contributed by atoms with van der Waals surface area (Å²) < 4.78 is 2.08. The molecule has 0 saturated heterocycles. The molecule has 1 N–H and O–H groups in total. The number of aromatic nitrogens is 2. The van der Waals surface area contributed by atoms with E-state index in [1.807, 2.05) is 47.4 Å². The minimum atomic E-state index is -0.0868. The normalized spacial score (nSPS) is 12.9. The molecule has 37 heavy (non-hydrogen) atoms. The molecule has 1 aromatic heterocycles. The highest BCUT2D eigenvalue weighted by Gasteiger charge is 2.23. The van der Waals surface area contributed by atoms with Crippen molar-refractivity contribution < 1.29 is 9.59 Å². The molecule has 0 spiro atoms. The van der Waals surface area contributed by atoms with Gasteiger partial charge < -0.3 is 14.8 Å². The van der Waals surface area contributed by atoms with E-state index in [2.05, 4.69) is 16.0 Å². The van der Waals surface area contributed by atoms with Gasteiger partial charge in [0.15, 0.2) is 0 Å². The Morgan fingerprint density at radius 3 is 2.57 bits per heavy atom. The van der Waals surface area contributed by atoms with Crippen molar-refractivity contribution in [1.29, 1.82) is 0 Å². The minimum absolute atomic E-state index is 0.0868. The van der Waals surface area contributed by atoms with Crippen molar-refractivity contribution in [1.82, 2.24) is 14.9 Å². The Bertz CT molecular complexity index is 1400. The fourth-order valence-corrected chi connectivity index (χ4v) is 5.12. The monoisotopic (exact) mass is 514 g/mol. The van der Waals surface area contributed by atoms with E-state index in [4.69, 9.17) is 16.6 Å². The molecule has 3 aromatic carbocycles. The Kier molecular flexibility index (Phi) is 7.85. The first-order valence-corrected chi connectivity index (χ1v) is 13.3. The lowest BCUT2D eigenvalue weighted by molar-refractivity contribution is -0.119. The molecular formula is C30H31ClN4O2. The van der Waals surface area contributed by atoms with Crippen LogP contribution in [0.1, 0.15) is 47.4 Å². The van der Waals surface area contributed by atoms with E-state index in [0.29, 0.717) is 17.1 Å². The molecule has 5 rings (SSSR count). The van der Waals surface area contributed by atoms with Crippen molar-refractivity contribution in [2.75, 3.05) is 18.0 Å². The van der Waals surface area contributed by atoms with Crippen LogP contribution in [0, 0.1) is 0 Å². The van der Waals surface area contributed by atoms with E-state index in [-0.39, 0.29) is 18.4 Å². The number of nitrogens with one attached hydrogen (secondary N) is 1. The molecule has 1 aliphatic heterocycles. The Labute approximate surface area is 222 Å². The Balaban J connectivity index is 1.19. The number of benzene rings is 3. The quantitative estimate of drug-likeness (QED) is 0.286. The van der Waals surface area contributed by atoms with Crippen LogP contribution in [0.25, 0.3) is 11.0 Å². The molecule has 1 aliphatic rings. The van der Waals surface area contributed by atoms with Gasteiger partial charge >= 0.3 is 0 Å². The lowest BCUT2D eigenvalue weighted by Crippen LogP contribution is -2.38. The van der Waals surface area contributed by atoms with E-state index in [1.54, 1.807) is 24.3 Å². The molecule has 2 heterocycles. The summed E-state index contributed by atoms with van der Waals surface area (Å²) in [6, 6.07) is 23.1. The lowest BCUT2D eigenvalue weighted by atomic mass is 10.0. The molecule has 0 unspecified atom stereocenters. The van der Waals surface area contributed by atoms with Gasteiger partial charge in [0.1, 0.15) is 12.4 Å². The van der Waals surface area contributed by atoms with Crippen molar-refractivity contribution in [3.05, 3.63) is 94.8 Å². The molecule has 0 bridgehead atoms. The van der Waals surface area contributed by atoms with Crippen LogP contribution in [0.4, 0.5) is 5.69 Å². The summed E-state index contributed by atoms with van der Waals surface area (Å²) in [6.45, 7) is 1.64. The number of carbonyl (C=O) groups is 2. The van der Waals surface area contributed by atoms with E-state index in [9.17, 15) is 9.59 Å². The smallest absolute Gasteiger partial charge is 0.251 e. The van der Waals surface area contributed by atoms with E-state index >= 15 is 0 Å². The molecule has 0 aliphatic carbocycles. The Morgan fingerprint density at radius 2 is 1.70 bits per heavy atom. The number of amides is 2. The molecule has 7 heteroatoms. The van der Waals surface area contributed by atoms with Gasteiger partial charge in [0, 0.05) is 35.8 Å². The van der Waals surface area contributed by atoms with E-state index in [1.165, 1.54) is 5.56 Å². The van der Waals surface area contributed by atoms with E-state index < -0.39 is 0 Å². The van der Waals surface area contributed by atoms with Gasteiger partial charge in [-0.1, -0.05) is 48.4 Å². The molecule has 0 atom stereocenters. The highest BCUT2D eigenvalue weighted by Crippen LogP contribution is 2.27. The maximum Gasteiger partial charge on any atom is 0.251 e. The van der Waals surface area contributed by atoms with Crippen molar-refractivity contribution >= 4 is 40.1 Å². The zero-order valence-electron chi connectivity index (χ0n) is 20.8.